The molecular formula is C32H43N7O5. The van der Waals surface area contributed by atoms with Gasteiger partial charge in [0.15, 0.2) is 5.65 Å². The normalized spacial score (nSPS) is 23.8. The number of hydrogen-bond acceptors (Lipinski definition) is 7. The highest BCUT2D eigenvalue weighted by Crippen LogP contribution is 2.52. The van der Waals surface area contributed by atoms with E-state index in [4.69, 9.17) is 4.74 Å². The number of likely N-dealkylation sites (tertiary alicyclic amines) is 1. The van der Waals surface area contributed by atoms with Gasteiger partial charge in [-0.1, -0.05) is 43.2 Å². The van der Waals surface area contributed by atoms with Crippen LogP contribution in [0.4, 0.5) is 9.59 Å². The van der Waals surface area contributed by atoms with Gasteiger partial charge in [0.2, 0.25) is 0 Å². The van der Waals surface area contributed by atoms with Crippen molar-refractivity contribution in [3.05, 3.63) is 58.8 Å². The molecule has 2 aliphatic heterocycles. The first-order valence-corrected chi connectivity index (χ1v) is 15.6. The maximum atomic E-state index is 14.3. The fourth-order valence-corrected chi connectivity index (χ4v) is 7.46. The van der Waals surface area contributed by atoms with E-state index in [1.54, 1.807) is 21.3 Å². The molecule has 6 rings (SSSR count). The van der Waals surface area contributed by atoms with Crippen LogP contribution in [0, 0.1) is 5.41 Å². The van der Waals surface area contributed by atoms with Crippen LogP contribution in [0.3, 0.4) is 0 Å². The average molecular weight is 606 g/mol. The quantitative estimate of drug-likeness (QED) is 0.484. The van der Waals surface area contributed by atoms with Crippen molar-refractivity contribution in [2.24, 2.45) is 12.5 Å². The molecule has 3 amide bonds. The number of amides is 3. The minimum absolute atomic E-state index is 0.0898. The lowest BCUT2D eigenvalue weighted by Crippen LogP contribution is -2.64. The number of hydrogen-bond donors (Lipinski definition) is 1. The van der Waals surface area contributed by atoms with Gasteiger partial charge in [-0.2, -0.15) is 0 Å². The number of aryl methyl sites for hydroxylation is 1. The number of rotatable bonds is 3. The third-order valence-corrected chi connectivity index (χ3v) is 9.81. The molecule has 3 aromatic rings. The summed E-state index contributed by atoms with van der Waals surface area (Å²) in [5.74, 6) is 0. The second-order valence-electron chi connectivity index (χ2n) is 13.7. The van der Waals surface area contributed by atoms with E-state index < -0.39 is 16.6 Å². The van der Waals surface area contributed by atoms with Gasteiger partial charge >= 0.3 is 12.1 Å². The van der Waals surface area contributed by atoms with Gasteiger partial charge in [-0.15, -0.1) is 0 Å². The monoisotopic (exact) mass is 605 g/mol. The Labute approximate surface area is 257 Å². The minimum atomic E-state index is -1.17. The van der Waals surface area contributed by atoms with Crippen LogP contribution < -0.4 is 5.56 Å². The lowest BCUT2D eigenvalue weighted by atomic mass is 9.66. The van der Waals surface area contributed by atoms with Crippen LogP contribution in [0.15, 0.2) is 47.7 Å². The van der Waals surface area contributed by atoms with Gasteiger partial charge in [-0.3, -0.25) is 9.48 Å². The Balaban J connectivity index is 1.25. The zero-order chi connectivity index (χ0) is 31.3. The smallest absolute Gasteiger partial charge is 0.410 e. The number of nitrogens with zero attached hydrogens (tertiary/aromatic N) is 7. The number of carbonyl (C=O) groups is 2. The van der Waals surface area contributed by atoms with Gasteiger partial charge in [0.05, 0.1) is 18.2 Å². The molecule has 3 aliphatic rings. The van der Waals surface area contributed by atoms with Crippen LogP contribution in [0.5, 0.6) is 0 Å². The van der Waals surface area contributed by atoms with Gasteiger partial charge in [0, 0.05) is 51.4 Å². The van der Waals surface area contributed by atoms with Crippen molar-refractivity contribution >= 4 is 23.2 Å². The van der Waals surface area contributed by atoms with Gasteiger partial charge in [0.1, 0.15) is 17.3 Å². The van der Waals surface area contributed by atoms with E-state index in [9.17, 15) is 19.5 Å². The number of piperidine rings is 1. The topological polar surface area (TPSA) is 126 Å². The van der Waals surface area contributed by atoms with E-state index in [1.165, 1.54) is 12.5 Å². The number of piperazine rings is 1. The van der Waals surface area contributed by atoms with E-state index in [0.717, 1.165) is 31.2 Å². The summed E-state index contributed by atoms with van der Waals surface area (Å²) >= 11 is 0. The van der Waals surface area contributed by atoms with Crippen molar-refractivity contribution in [1.29, 1.82) is 0 Å². The largest absolute Gasteiger partial charge is 0.444 e. The van der Waals surface area contributed by atoms with Gasteiger partial charge in [-0.05, 0) is 45.6 Å². The van der Waals surface area contributed by atoms with Crippen molar-refractivity contribution in [3.63, 3.8) is 0 Å². The fourth-order valence-electron chi connectivity index (χ4n) is 7.46. The lowest BCUT2D eigenvalue weighted by molar-refractivity contribution is -0.139. The molecule has 1 aliphatic carbocycles. The van der Waals surface area contributed by atoms with Crippen molar-refractivity contribution in [2.75, 3.05) is 32.7 Å². The molecule has 1 spiro atoms. The van der Waals surface area contributed by atoms with Crippen LogP contribution in [-0.4, -0.2) is 95.2 Å². The first-order valence-electron chi connectivity index (χ1n) is 15.6. The molecule has 2 aromatic heterocycles. The Hall–Kier alpha value is -3.93. The Morgan fingerprint density at radius 2 is 1.77 bits per heavy atom. The first-order chi connectivity index (χ1) is 20.9. The number of fused-ring (bicyclic) bond motifs is 1. The standard InChI is InChI=1S/C32H43N7O5/c1-30(2,3)44-29(42)36-16-17-38(25(19-36)23-10-6-5-7-11-23)28(41)37-15-14-32(43,31(20-37)12-8-9-13-31)21-39-27(40)24-18-33-22-34-26(24)35(39)4/h5-7,10-11,18,22,25,43H,8-9,12-17,19-21H2,1-4H3/t25-,32?/m0/s1. The molecule has 44 heavy (non-hydrogen) atoms. The Kier molecular flexibility index (Phi) is 7.67. The Morgan fingerprint density at radius 3 is 2.45 bits per heavy atom. The Morgan fingerprint density at radius 1 is 1.05 bits per heavy atom. The van der Waals surface area contributed by atoms with Crippen LogP contribution in [0.1, 0.15) is 64.5 Å². The second-order valence-corrected chi connectivity index (χ2v) is 13.7. The van der Waals surface area contributed by atoms with E-state index in [-0.39, 0.29) is 30.3 Å². The molecule has 0 radical (unpaired) electrons. The predicted molar refractivity (Wildman–Crippen MR) is 164 cm³/mol. The molecule has 4 heterocycles. The molecule has 1 aromatic carbocycles. The number of ether oxygens (including phenoxy) is 1. The number of aliphatic hydroxyl groups is 1. The third-order valence-electron chi connectivity index (χ3n) is 9.81. The van der Waals surface area contributed by atoms with Crippen LogP contribution in [0.25, 0.3) is 11.0 Å². The summed E-state index contributed by atoms with van der Waals surface area (Å²) in [4.78, 5) is 54.4. The maximum Gasteiger partial charge on any atom is 0.410 e. The molecule has 2 saturated heterocycles. The van der Waals surface area contributed by atoms with Crippen molar-refractivity contribution in [1.82, 2.24) is 34.0 Å². The average Bonchev–Trinajstić information content (AvgIpc) is 3.57. The third kappa shape index (κ3) is 5.33. The molecule has 236 valence electrons. The molecule has 1 saturated carbocycles. The summed E-state index contributed by atoms with van der Waals surface area (Å²) in [6.07, 6.45) is 6.38. The summed E-state index contributed by atoms with van der Waals surface area (Å²) < 4.78 is 8.92. The van der Waals surface area contributed by atoms with E-state index in [2.05, 4.69) is 9.97 Å². The fraction of sp³-hybridized carbons (Fsp3) is 0.594. The molecule has 12 heteroatoms. The highest BCUT2D eigenvalue weighted by Gasteiger charge is 2.56. The highest BCUT2D eigenvalue weighted by molar-refractivity contribution is 5.76. The number of aromatic nitrogens is 4. The summed E-state index contributed by atoms with van der Waals surface area (Å²) in [5.41, 5.74) is -1.07. The molecule has 1 N–H and O–H groups in total. The zero-order valence-corrected chi connectivity index (χ0v) is 26.1. The molecule has 0 bridgehead atoms. The maximum absolute atomic E-state index is 14.3. The SMILES string of the molecule is Cn1c2ncncc2c(=O)n1CC1(O)CCN(C(=O)N2CCN(C(=O)OC(C)(C)C)C[C@H]2c2ccccc2)CC12CCCC2. The highest BCUT2D eigenvalue weighted by atomic mass is 16.6. The van der Waals surface area contributed by atoms with Crippen molar-refractivity contribution in [2.45, 2.75) is 76.7 Å². The molecule has 1 unspecified atom stereocenters. The van der Waals surface area contributed by atoms with Crippen LogP contribution in [0.2, 0.25) is 0 Å². The van der Waals surface area contributed by atoms with Gasteiger partial charge < -0.3 is 24.5 Å². The van der Waals surface area contributed by atoms with Crippen molar-refractivity contribution < 1.29 is 19.4 Å². The predicted octanol–water partition coefficient (Wildman–Crippen LogP) is 3.54. The molecule has 2 atom stereocenters. The summed E-state index contributed by atoms with van der Waals surface area (Å²) in [6.45, 7) is 7.53. The van der Waals surface area contributed by atoms with Crippen molar-refractivity contribution in [3.8, 4) is 0 Å². The number of carbonyl (C=O) groups excluding carboxylic acids is 2. The first kappa shape index (κ1) is 30.1. The minimum Gasteiger partial charge on any atom is -0.444 e. The molecule has 12 nitrogen and oxygen atoms in total. The summed E-state index contributed by atoms with van der Waals surface area (Å²) in [6, 6.07) is 9.38. The lowest BCUT2D eigenvalue weighted by Gasteiger charge is -2.53. The van der Waals surface area contributed by atoms with Crippen LogP contribution in [-0.2, 0) is 18.3 Å². The van der Waals surface area contributed by atoms with Crippen LogP contribution >= 0.6 is 0 Å². The van der Waals surface area contributed by atoms with E-state index in [1.807, 2.05) is 60.9 Å². The molecule has 3 fully saturated rings. The van der Waals surface area contributed by atoms with Gasteiger partial charge in [0.25, 0.3) is 5.56 Å². The van der Waals surface area contributed by atoms with E-state index in [0.29, 0.717) is 50.2 Å². The zero-order valence-electron chi connectivity index (χ0n) is 26.1. The summed E-state index contributed by atoms with van der Waals surface area (Å²) in [5, 5.41) is 12.8. The second kappa shape index (κ2) is 11.2. The van der Waals surface area contributed by atoms with E-state index >= 15 is 0 Å². The summed E-state index contributed by atoms with van der Waals surface area (Å²) in [7, 11) is 1.78. The number of benzene rings is 1. The molecular weight excluding hydrogens is 562 g/mol. The Bertz CT molecular complexity index is 1590. The number of urea groups is 1. The van der Waals surface area contributed by atoms with Gasteiger partial charge in [-0.25, -0.2) is 24.2 Å².